The Morgan fingerprint density at radius 2 is 1.67 bits per heavy atom. The van der Waals surface area contributed by atoms with Crippen LogP contribution in [0.4, 0.5) is 0 Å². The topological polar surface area (TPSA) is 26.8 Å². The van der Waals surface area contributed by atoms with Crippen molar-refractivity contribution in [2.45, 2.75) is 26.2 Å². The molecule has 2 rings (SSSR count). The molecular formula is C14H27N3O. The molecule has 1 amide bonds. The van der Waals surface area contributed by atoms with Crippen molar-refractivity contribution in [1.29, 1.82) is 0 Å². The van der Waals surface area contributed by atoms with Gasteiger partial charge in [-0.15, -0.1) is 0 Å². The third-order valence-corrected chi connectivity index (χ3v) is 4.47. The first-order valence-corrected chi connectivity index (χ1v) is 7.37. The standard InChI is InChI=1S/C14H27N3O/c1-3-16-8-10-17(11-9-16)14(18)12-13-4-6-15(2)7-5-13/h13H,3-12H2,1-2H3. The van der Waals surface area contributed by atoms with Crippen LogP contribution in [-0.4, -0.2) is 73.5 Å². The first-order chi connectivity index (χ1) is 8.69. The number of piperidine rings is 1. The highest BCUT2D eigenvalue weighted by Gasteiger charge is 2.24. The molecule has 0 unspecified atom stereocenters. The van der Waals surface area contributed by atoms with Crippen LogP contribution in [0.1, 0.15) is 26.2 Å². The van der Waals surface area contributed by atoms with Gasteiger partial charge in [0.15, 0.2) is 0 Å². The zero-order chi connectivity index (χ0) is 13.0. The van der Waals surface area contributed by atoms with Gasteiger partial charge in [0.2, 0.25) is 5.91 Å². The van der Waals surface area contributed by atoms with Crippen molar-refractivity contribution in [3.05, 3.63) is 0 Å². The molecule has 0 bridgehead atoms. The van der Waals surface area contributed by atoms with E-state index in [9.17, 15) is 4.79 Å². The van der Waals surface area contributed by atoms with Gasteiger partial charge in [-0.05, 0) is 45.4 Å². The van der Waals surface area contributed by atoms with Crippen LogP contribution in [0.25, 0.3) is 0 Å². The first-order valence-electron chi connectivity index (χ1n) is 7.37. The number of rotatable bonds is 3. The quantitative estimate of drug-likeness (QED) is 0.747. The van der Waals surface area contributed by atoms with E-state index in [1.807, 2.05) is 0 Å². The summed E-state index contributed by atoms with van der Waals surface area (Å²) in [7, 11) is 2.17. The lowest BCUT2D eigenvalue weighted by atomic mass is 9.93. The fourth-order valence-corrected chi connectivity index (χ4v) is 2.96. The summed E-state index contributed by atoms with van der Waals surface area (Å²) in [6.07, 6.45) is 3.16. The van der Waals surface area contributed by atoms with Crippen LogP contribution in [0, 0.1) is 5.92 Å². The molecule has 2 aliphatic rings. The minimum atomic E-state index is 0.389. The van der Waals surface area contributed by atoms with E-state index in [-0.39, 0.29) is 0 Å². The number of carbonyl (C=O) groups excluding carboxylic acids is 1. The van der Waals surface area contributed by atoms with Gasteiger partial charge < -0.3 is 14.7 Å². The molecule has 0 aliphatic carbocycles. The van der Waals surface area contributed by atoms with E-state index in [0.29, 0.717) is 11.8 Å². The van der Waals surface area contributed by atoms with Crippen molar-refractivity contribution in [3.63, 3.8) is 0 Å². The molecule has 0 aromatic rings. The van der Waals surface area contributed by atoms with Crippen molar-refractivity contribution in [2.75, 3.05) is 52.9 Å². The molecule has 2 fully saturated rings. The predicted molar refractivity (Wildman–Crippen MR) is 73.5 cm³/mol. The third-order valence-electron chi connectivity index (χ3n) is 4.47. The number of likely N-dealkylation sites (N-methyl/N-ethyl adjacent to an activating group) is 1. The van der Waals surface area contributed by atoms with Crippen LogP contribution in [0.15, 0.2) is 0 Å². The van der Waals surface area contributed by atoms with Crippen molar-refractivity contribution >= 4 is 5.91 Å². The molecule has 2 heterocycles. The van der Waals surface area contributed by atoms with Gasteiger partial charge in [-0.25, -0.2) is 0 Å². The fraction of sp³-hybridized carbons (Fsp3) is 0.929. The molecule has 0 atom stereocenters. The maximum atomic E-state index is 12.2. The van der Waals surface area contributed by atoms with E-state index in [1.54, 1.807) is 0 Å². The Morgan fingerprint density at radius 3 is 2.22 bits per heavy atom. The summed E-state index contributed by atoms with van der Waals surface area (Å²) in [5.74, 6) is 1.01. The second-order valence-corrected chi connectivity index (χ2v) is 5.77. The summed E-state index contributed by atoms with van der Waals surface area (Å²) in [6, 6.07) is 0. The van der Waals surface area contributed by atoms with Crippen LogP contribution in [-0.2, 0) is 4.79 Å². The number of nitrogens with zero attached hydrogens (tertiary/aromatic N) is 3. The zero-order valence-electron chi connectivity index (χ0n) is 11.9. The van der Waals surface area contributed by atoms with Crippen LogP contribution in [0.5, 0.6) is 0 Å². The average Bonchev–Trinajstić information content (AvgIpc) is 2.41. The number of amides is 1. The van der Waals surface area contributed by atoms with Crippen molar-refractivity contribution in [1.82, 2.24) is 14.7 Å². The zero-order valence-corrected chi connectivity index (χ0v) is 11.9. The van der Waals surface area contributed by atoms with E-state index < -0.39 is 0 Å². The Hall–Kier alpha value is -0.610. The van der Waals surface area contributed by atoms with Crippen LogP contribution < -0.4 is 0 Å². The molecule has 4 heteroatoms. The Bertz CT molecular complexity index is 266. The van der Waals surface area contributed by atoms with E-state index in [4.69, 9.17) is 0 Å². The van der Waals surface area contributed by atoms with Gasteiger partial charge in [-0.1, -0.05) is 6.92 Å². The van der Waals surface area contributed by atoms with Crippen molar-refractivity contribution in [3.8, 4) is 0 Å². The lowest BCUT2D eigenvalue weighted by Gasteiger charge is -2.35. The summed E-state index contributed by atoms with van der Waals surface area (Å²) in [4.78, 5) is 19.1. The molecule has 0 spiro atoms. The number of piperazine rings is 1. The van der Waals surface area contributed by atoms with Crippen LogP contribution in [0.2, 0.25) is 0 Å². The van der Waals surface area contributed by atoms with Gasteiger partial charge in [0.1, 0.15) is 0 Å². The third kappa shape index (κ3) is 3.69. The smallest absolute Gasteiger partial charge is 0.222 e. The molecule has 0 aromatic carbocycles. The molecule has 0 N–H and O–H groups in total. The van der Waals surface area contributed by atoms with Crippen LogP contribution in [0.3, 0.4) is 0 Å². The van der Waals surface area contributed by atoms with Gasteiger partial charge in [0.05, 0.1) is 0 Å². The van der Waals surface area contributed by atoms with Gasteiger partial charge in [-0.2, -0.15) is 0 Å². The average molecular weight is 253 g/mol. The van der Waals surface area contributed by atoms with Crippen molar-refractivity contribution in [2.24, 2.45) is 5.92 Å². The largest absolute Gasteiger partial charge is 0.340 e. The Morgan fingerprint density at radius 1 is 1.06 bits per heavy atom. The summed E-state index contributed by atoms with van der Waals surface area (Å²) >= 11 is 0. The van der Waals surface area contributed by atoms with Gasteiger partial charge >= 0.3 is 0 Å². The molecule has 2 saturated heterocycles. The van der Waals surface area contributed by atoms with Gasteiger partial charge in [0.25, 0.3) is 0 Å². The number of hydrogen-bond acceptors (Lipinski definition) is 3. The second kappa shape index (κ2) is 6.53. The highest BCUT2D eigenvalue weighted by atomic mass is 16.2. The van der Waals surface area contributed by atoms with Crippen molar-refractivity contribution < 1.29 is 4.79 Å². The molecule has 104 valence electrons. The van der Waals surface area contributed by atoms with E-state index >= 15 is 0 Å². The molecule has 0 aromatic heterocycles. The maximum Gasteiger partial charge on any atom is 0.222 e. The molecule has 2 aliphatic heterocycles. The normalized spacial score (nSPS) is 24.4. The lowest BCUT2D eigenvalue weighted by Crippen LogP contribution is -2.49. The van der Waals surface area contributed by atoms with E-state index in [2.05, 4.69) is 28.7 Å². The Balaban J connectivity index is 1.72. The summed E-state index contributed by atoms with van der Waals surface area (Å²) in [6.45, 7) is 9.57. The molecular weight excluding hydrogens is 226 g/mol. The van der Waals surface area contributed by atoms with Gasteiger partial charge in [0, 0.05) is 32.6 Å². The van der Waals surface area contributed by atoms with E-state index in [0.717, 1.165) is 52.2 Å². The fourth-order valence-electron chi connectivity index (χ4n) is 2.96. The number of carbonyl (C=O) groups is 1. The van der Waals surface area contributed by atoms with Crippen LogP contribution >= 0.6 is 0 Å². The summed E-state index contributed by atoms with van der Waals surface area (Å²) in [5, 5.41) is 0. The second-order valence-electron chi connectivity index (χ2n) is 5.77. The van der Waals surface area contributed by atoms with Gasteiger partial charge in [-0.3, -0.25) is 4.79 Å². The lowest BCUT2D eigenvalue weighted by molar-refractivity contribution is -0.134. The minimum absolute atomic E-state index is 0.389. The SMILES string of the molecule is CCN1CCN(C(=O)CC2CCN(C)CC2)CC1. The number of likely N-dealkylation sites (tertiary alicyclic amines) is 1. The number of hydrogen-bond donors (Lipinski definition) is 0. The summed E-state index contributed by atoms with van der Waals surface area (Å²) in [5.41, 5.74) is 0. The Labute approximate surface area is 111 Å². The summed E-state index contributed by atoms with van der Waals surface area (Å²) < 4.78 is 0. The molecule has 0 saturated carbocycles. The molecule has 4 nitrogen and oxygen atoms in total. The highest BCUT2D eigenvalue weighted by molar-refractivity contribution is 5.76. The minimum Gasteiger partial charge on any atom is -0.340 e. The molecule has 18 heavy (non-hydrogen) atoms. The maximum absolute atomic E-state index is 12.2. The highest BCUT2D eigenvalue weighted by Crippen LogP contribution is 2.20. The first kappa shape index (κ1) is 13.8. The van der Waals surface area contributed by atoms with E-state index in [1.165, 1.54) is 12.8 Å². The predicted octanol–water partition coefficient (Wildman–Crippen LogP) is 0.882. The molecule has 0 radical (unpaired) electrons. The monoisotopic (exact) mass is 253 g/mol. The Kier molecular flexibility index (Phi) is 5.01.